The van der Waals surface area contributed by atoms with E-state index in [1.165, 1.54) is 0 Å². The molecule has 20 heavy (non-hydrogen) atoms. The number of aromatic nitrogens is 3. The van der Waals surface area contributed by atoms with Gasteiger partial charge in [0.1, 0.15) is 0 Å². The van der Waals surface area contributed by atoms with Crippen molar-refractivity contribution in [2.24, 2.45) is 5.73 Å². The number of pyridine rings is 1. The summed E-state index contributed by atoms with van der Waals surface area (Å²) in [5.41, 5.74) is 6.71. The lowest BCUT2D eigenvalue weighted by atomic mass is 10.0. The highest BCUT2D eigenvalue weighted by Gasteiger charge is 2.14. The standard InChI is InChI=1S/C14H20N4O2/c1-14(2,15)7-6-13-17-11(18-20-13)8-10-4-5-12(19-3)16-9-10/h4-5,9H,6-8,15H2,1-3H3. The molecule has 0 radical (unpaired) electrons. The molecule has 0 aliphatic carbocycles. The number of methoxy groups -OCH3 is 1. The third-order valence-electron chi connectivity index (χ3n) is 2.86. The molecule has 0 amide bonds. The summed E-state index contributed by atoms with van der Waals surface area (Å²) in [6.07, 6.45) is 3.83. The van der Waals surface area contributed by atoms with Gasteiger partial charge in [-0.15, -0.1) is 0 Å². The summed E-state index contributed by atoms with van der Waals surface area (Å²) >= 11 is 0. The molecule has 0 saturated carbocycles. The van der Waals surface area contributed by atoms with Gasteiger partial charge in [-0.1, -0.05) is 11.2 Å². The minimum absolute atomic E-state index is 0.228. The van der Waals surface area contributed by atoms with Crippen molar-refractivity contribution in [2.45, 2.75) is 38.6 Å². The maximum Gasteiger partial charge on any atom is 0.226 e. The van der Waals surface area contributed by atoms with Gasteiger partial charge in [-0.05, 0) is 25.8 Å². The van der Waals surface area contributed by atoms with Crippen LogP contribution >= 0.6 is 0 Å². The Hall–Kier alpha value is -1.95. The van der Waals surface area contributed by atoms with Crippen molar-refractivity contribution >= 4 is 0 Å². The van der Waals surface area contributed by atoms with E-state index in [0.717, 1.165) is 12.0 Å². The minimum Gasteiger partial charge on any atom is -0.481 e. The van der Waals surface area contributed by atoms with E-state index in [2.05, 4.69) is 15.1 Å². The fourth-order valence-electron chi connectivity index (χ4n) is 1.71. The van der Waals surface area contributed by atoms with Crippen molar-refractivity contribution in [1.82, 2.24) is 15.1 Å². The van der Waals surface area contributed by atoms with Gasteiger partial charge in [0.25, 0.3) is 0 Å². The molecule has 2 rings (SSSR count). The quantitative estimate of drug-likeness (QED) is 0.864. The van der Waals surface area contributed by atoms with Crippen LogP contribution in [-0.2, 0) is 12.8 Å². The zero-order valence-electron chi connectivity index (χ0n) is 12.1. The van der Waals surface area contributed by atoms with Crippen LogP contribution in [0.1, 0.15) is 37.5 Å². The lowest BCUT2D eigenvalue weighted by Crippen LogP contribution is -2.32. The molecule has 2 heterocycles. The number of nitrogens with zero attached hydrogens (tertiary/aromatic N) is 3. The van der Waals surface area contributed by atoms with Gasteiger partial charge in [0.15, 0.2) is 5.82 Å². The molecule has 108 valence electrons. The van der Waals surface area contributed by atoms with Crippen LogP contribution in [0.5, 0.6) is 5.88 Å². The molecule has 0 aliphatic rings. The Kier molecular flexibility index (Phi) is 4.34. The van der Waals surface area contributed by atoms with Crippen LogP contribution in [0.2, 0.25) is 0 Å². The first-order valence-corrected chi connectivity index (χ1v) is 6.55. The highest BCUT2D eigenvalue weighted by atomic mass is 16.5. The number of rotatable bonds is 6. The Labute approximate surface area is 118 Å². The van der Waals surface area contributed by atoms with E-state index in [-0.39, 0.29) is 5.54 Å². The fourth-order valence-corrected chi connectivity index (χ4v) is 1.71. The first-order valence-electron chi connectivity index (χ1n) is 6.55. The molecule has 0 fully saturated rings. The normalized spacial score (nSPS) is 11.6. The summed E-state index contributed by atoms with van der Waals surface area (Å²) in [5, 5.41) is 3.97. The Morgan fingerprint density at radius 1 is 1.35 bits per heavy atom. The SMILES string of the molecule is COc1ccc(Cc2noc(CCC(C)(C)N)n2)cn1. The van der Waals surface area contributed by atoms with Gasteiger partial charge in [-0.3, -0.25) is 0 Å². The number of ether oxygens (including phenoxy) is 1. The van der Waals surface area contributed by atoms with E-state index in [4.69, 9.17) is 15.0 Å². The monoisotopic (exact) mass is 276 g/mol. The van der Waals surface area contributed by atoms with Gasteiger partial charge in [-0.2, -0.15) is 4.98 Å². The third kappa shape index (κ3) is 4.31. The summed E-state index contributed by atoms with van der Waals surface area (Å²) in [6.45, 7) is 3.96. The largest absolute Gasteiger partial charge is 0.481 e. The first-order chi connectivity index (χ1) is 9.46. The van der Waals surface area contributed by atoms with Crippen LogP contribution in [0.15, 0.2) is 22.9 Å². The number of hydrogen-bond acceptors (Lipinski definition) is 6. The van der Waals surface area contributed by atoms with Gasteiger partial charge < -0.3 is 15.0 Å². The lowest BCUT2D eigenvalue weighted by Gasteiger charge is -2.16. The summed E-state index contributed by atoms with van der Waals surface area (Å²) in [7, 11) is 1.59. The number of hydrogen-bond donors (Lipinski definition) is 1. The molecule has 6 nitrogen and oxygen atoms in total. The van der Waals surface area contributed by atoms with Crippen LogP contribution in [0, 0.1) is 0 Å². The Morgan fingerprint density at radius 2 is 2.15 bits per heavy atom. The van der Waals surface area contributed by atoms with Crippen molar-refractivity contribution in [3.8, 4) is 5.88 Å². The highest BCUT2D eigenvalue weighted by molar-refractivity contribution is 5.20. The maximum absolute atomic E-state index is 5.93. The van der Waals surface area contributed by atoms with Gasteiger partial charge >= 0.3 is 0 Å². The van der Waals surface area contributed by atoms with Crippen molar-refractivity contribution in [1.29, 1.82) is 0 Å². The summed E-state index contributed by atoms with van der Waals surface area (Å²) in [5.74, 6) is 1.87. The van der Waals surface area contributed by atoms with Gasteiger partial charge in [0, 0.05) is 30.6 Å². The van der Waals surface area contributed by atoms with Crippen molar-refractivity contribution in [2.75, 3.05) is 7.11 Å². The summed E-state index contributed by atoms with van der Waals surface area (Å²) in [4.78, 5) is 8.50. The molecule has 0 saturated heterocycles. The highest BCUT2D eigenvalue weighted by Crippen LogP contribution is 2.12. The fraction of sp³-hybridized carbons (Fsp3) is 0.500. The molecule has 0 unspecified atom stereocenters. The van der Waals surface area contributed by atoms with E-state index < -0.39 is 0 Å². The topological polar surface area (TPSA) is 87.1 Å². The van der Waals surface area contributed by atoms with Crippen LogP contribution < -0.4 is 10.5 Å². The van der Waals surface area contributed by atoms with Gasteiger partial charge in [-0.25, -0.2) is 4.98 Å². The molecule has 0 atom stereocenters. The van der Waals surface area contributed by atoms with Gasteiger partial charge in [0.05, 0.1) is 7.11 Å². The zero-order chi connectivity index (χ0) is 14.6. The molecule has 0 spiro atoms. The summed E-state index contributed by atoms with van der Waals surface area (Å²) < 4.78 is 10.2. The Morgan fingerprint density at radius 3 is 2.75 bits per heavy atom. The van der Waals surface area contributed by atoms with Crippen LogP contribution in [0.3, 0.4) is 0 Å². The molecule has 0 aromatic carbocycles. The first kappa shape index (κ1) is 14.5. The molecule has 2 aromatic rings. The van der Waals surface area contributed by atoms with Crippen LogP contribution in [0.25, 0.3) is 0 Å². The van der Waals surface area contributed by atoms with E-state index >= 15 is 0 Å². The lowest BCUT2D eigenvalue weighted by molar-refractivity contribution is 0.355. The Balaban J connectivity index is 1.94. The van der Waals surface area contributed by atoms with Gasteiger partial charge in [0.2, 0.25) is 11.8 Å². The number of nitrogens with two attached hydrogens (primary N) is 1. The second kappa shape index (κ2) is 6.00. The zero-order valence-corrected chi connectivity index (χ0v) is 12.1. The predicted molar refractivity (Wildman–Crippen MR) is 74.5 cm³/mol. The predicted octanol–water partition coefficient (Wildman–Crippen LogP) is 1.73. The van der Waals surface area contributed by atoms with E-state index in [1.54, 1.807) is 13.3 Å². The molecular formula is C14H20N4O2. The minimum atomic E-state index is -0.228. The second-order valence-electron chi connectivity index (χ2n) is 5.48. The van der Waals surface area contributed by atoms with Crippen molar-refractivity contribution < 1.29 is 9.26 Å². The molecule has 0 bridgehead atoms. The van der Waals surface area contributed by atoms with Crippen LogP contribution in [0.4, 0.5) is 0 Å². The average molecular weight is 276 g/mol. The molecule has 0 aliphatic heterocycles. The third-order valence-corrected chi connectivity index (χ3v) is 2.86. The van der Waals surface area contributed by atoms with Crippen LogP contribution in [-0.4, -0.2) is 27.8 Å². The van der Waals surface area contributed by atoms with Crippen molar-refractivity contribution in [3.05, 3.63) is 35.6 Å². The van der Waals surface area contributed by atoms with E-state index in [1.807, 2.05) is 26.0 Å². The molecule has 2 aromatic heterocycles. The Bertz CT molecular complexity index is 543. The molecule has 2 N–H and O–H groups in total. The molecular weight excluding hydrogens is 256 g/mol. The summed E-state index contributed by atoms with van der Waals surface area (Å²) in [6, 6.07) is 3.75. The molecule has 6 heteroatoms. The average Bonchev–Trinajstić information content (AvgIpc) is 2.84. The maximum atomic E-state index is 5.93. The van der Waals surface area contributed by atoms with Crippen molar-refractivity contribution in [3.63, 3.8) is 0 Å². The van der Waals surface area contributed by atoms with E-state index in [0.29, 0.717) is 30.4 Å². The number of aryl methyl sites for hydroxylation is 1. The second-order valence-corrected chi connectivity index (χ2v) is 5.48. The smallest absolute Gasteiger partial charge is 0.226 e. The van der Waals surface area contributed by atoms with E-state index in [9.17, 15) is 0 Å².